The first kappa shape index (κ1) is 12.0. The Morgan fingerprint density at radius 3 is 1.67 bits per heavy atom. The molecule has 12 heavy (non-hydrogen) atoms. The van der Waals surface area contributed by atoms with Crippen LogP contribution in [0.3, 0.4) is 0 Å². The van der Waals surface area contributed by atoms with Crippen LogP contribution >= 0.6 is 0 Å². The molecule has 0 heterocycles. The van der Waals surface area contributed by atoms with E-state index in [9.17, 15) is 0 Å². The van der Waals surface area contributed by atoms with Gasteiger partial charge in [-0.15, -0.1) is 0 Å². The highest BCUT2D eigenvalue weighted by Crippen LogP contribution is 2.26. The van der Waals surface area contributed by atoms with Crippen LogP contribution in [0.2, 0.25) is 0 Å². The monoisotopic (exact) mass is 171 g/mol. The molecule has 1 heteroatoms. The molecule has 1 nitrogen and oxygen atoms in total. The third-order valence-electron chi connectivity index (χ3n) is 1.65. The molecule has 0 aliphatic carbocycles. The summed E-state index contributed by atoms with van der Waals surface area (Å²) in [5.41, 5.74) is 0.664. The van der Waals surface area contributed by atoms with Crippen molar-refractivity contribution in [3.8, 4) is 0 Å². The third-order valence-corrected chi connectivity index (χ3v) is 1.65. The van der Waals surface area contributed by atoms with Gasteiger partial charge in [0.2, 0.25) is 0 Å². The zero-order valence-corrected chi connectivity index (χ0v) is 9.78. The van der Waals surface area contributed by atoms with Crippen molar-refractivity contribution in [3.05, 3.63) is 0 Å². The Bertz CT molecular complexity index is 128. The van der Waals surface area contributed by atoms with E-state index in [1.807, 2.05) is 0 Å². The van der Waals surface area contributed by atoms with Crippen molar-refractivity contribution in [3.63, 3.8) is 0 Å². The molecule has 0 atom stereocenters. The molecule has 0 aromatic rings. The average Bonchev–Trinajstić information content (AvgIpc) is 1.48. The molecule has 74 valence electrons. The van der Waals surface area contributed by atoms with Gasteiger partial charge in [-0.25, -0.2) is 0 Å². The summed E-state index contributed by atoms with van der Waals surface area (Å²) in [6.45, 7) is 15.8. The van der Waals surface area contributed by atoms with Gasteiger partial charge in [0.1, 0.15) is 0 Å². The van der Waals surface area contributed by atoms with Gasteiger partial charge >= 0.3 is 0 Å². The van der Waals surface area contributed by atoms with E-state index >= 15 is 0 Å². The van der Waals surface area contributed by atoms with E-state index in [1.165, 1.54) is 6.42 Å². The first-order chi connectivity index (χ1) is 5.12. The molecule has 0 bridgehead atoms. The predicted octanol–water partition coefficient (Wildman–Crippen LogP) is 3.20. The second-order valence-corrected chi connectivity index (χ2v) is 5.92. The summed E-state index contributed by atoms with van der Waals surface area (Å²) in [5, 5.41) is 3.58. The van der Waals surface area contributed by atoms with E-state index in [1.54, 1.807) is 0 Å². The second kappa shape index (κ2) is 3.78. The summed E-state index contributed by atoms with van der Waals surface area (Å²) in [5.74, 6) is 0. The fourth-order valence-electron chi connectivity index (χ4n) is 2.16. The quantitative estimate of drug-likeness (QED) is 0.687. The lowest BCUT2D eigenvalue weighted by Gasteiger charge is -2.35. The van der Waals surface area contributed by atoms with E-state index in [2.05, 4.69) is 53.8 Å². The fourth-order valence-corrected chi connectivity index (χ4v) is 2.16. The molecule has 0 aromatic carbocycles. The van der Waals surface area contributed by atoms with Crippen LogP contribution in [-0.2, 0) is 0 Å². The van der Waals surface area contributed by atoms with Gasteiger partial charge in [0.05, 0.1) is 0 Å². The number of hydrogen-bond acceptors (Lipinski definition) is 1. The van der Waals surface area contributed by atoms with Crippen molar-refractivity contribution in [2.45, 2.75) is 66.5 Å². The molecule has 0 rings (SSSR count). The van der Waals surface area contributed by atoms with Gasteiger partial charge in [-0.3, -0.25) is 0 Å². The SMILES string of the molecule is CC(C)NC(C)(C)CC(C)(C)C. The highest BCUT2D eigenvalue weighted by molar-refractivity contribution is 4.84. The lowest BCUT2D eigenvalue weighted by atomic mass is 9.81. The predicted molar refractivity (Wildman–Crippen MR) is 56.4 cm³/mol. The molecule has 0 amide bonds. The van der Waals surface area contributed by atoms with Crippen LogP contribution in [-0.4, -0.2) is 11.6 Å². The van der Waals surface area contributed by atoms with Crippen LogP contribution in [0.4, 0.5) is 0 Å². The number of hydrogen-bond donors (Lipinski definition) is 1. The van der Waals surface area contributed by atoms with Crippen molar-refractivity contribution in [1.29, 1.82) is 0 Å². The van der Waals surface area contributed by atoms with E-state index in [0.717, 1.165) is 0 Å². The minimum Gasteiger partial charge on any atom is -0.310 e. The van der Waals surface area contributed by atoms with Crippen LogP contribution in [0.1, 0.15) is 54.9 Å². The van der Waals surface area contributed by atoms with Gasteiger partial charge in [0, 0.05) is 11.6 Å². The number of nitrogens with one attached hydrogen (secondary N) is 1. The maximum absolute atomic E-state index is 3.58. The summed E-state index contributed by atoms with van der Waals surface area (Å²) in [7, 11) is 0. The fraction of sp³-hybridized carbons (Fsp3) is 1.00. The molecular formula is C11H25N. The first-order valence-electron chi connectivity index (χ1n) is 4.90. The minimum atomic E-state index is 0.256. The molecule has 0 fully saturated rings. The molecule has 0 aliphatic rings. The summed E-state index contributed by atoms with van der Waals surface area (Å²) >= 11 is 0. The standard InChI is InChI=1S/C11H25N/c1-9(2)12-11(6,7)8-10(3,4)5/h9,12H,8H2,1-7H3. The zero-order chi connectivity index (χ0) is 9.99. The Kier molecular flexibility index (Phi) is 3.77. The van der Waals surface area contributed by atoms with E-state index in [4.69, 9.17) is 0 Å². The maximum Gasteiger partial charge on any atom is 0.0132 e. The molecule has 0 spiro atoms. The normalized spacial score (nSPS) is 14.0. The van der Waals surface area contributed by atoms with E-state index in [0.29, 0.717) is 11.5 Å². The van der Waals surface area contributed by atoms with Crippen molar-refractivity contribution in [2.75, 3.05) is 0 Å². The largest absolute Gasteiger partial charge is 0.310 e. The highest BCUT2D eigenvalue weighted by Gasteiger charge is 2.25. The average molecular weight is 171 g/mol. The Hall–Kier alpha value is -0.0400. The number of rotatable bonds is 3. The van der Waals surface area contributed by atoms with Crippen LogP contribution in [0.15, 0.2) is 0 Å². The van der Waals surface area contributed by atoms with E-state index in [-0.39, 0.29) is 5.54 Å². The second-order valence-electron chi connectivity index (χ2n) is 5.92. The van der Waals surface area contributed by atoms with Gasteiger partial charge < -0.3 is 5.32 Å². The Labute approximate surface area is 77.9 Å². The molecule has 0 aliphatic heterocycles. The summed E-state index contributed by atoms with van der Waals surface area (Å²) in [4.78, 5) is 0. The van der Waals surface area contributed by atoms with Crippen LogP contribution in [0, 0.1) is 5.41 Å². The lowest BCUT2D eigenvalue weighted by Crippen LogP contribution is -2.45. The van der Waals surface area contributed by atoms with Crippen molar-refractivity contribution in [2.24, 2.45) is 5.41 Å². The molecule has 0 radical (unpaired) electrons. The Morgan fingerprint density at radius 1 is 1.00 bits per heavy atom. The topological polar surface area (TPSA) is 12.0 Å². The molecule has 0 saturated heterocycles. The Morgan fingerprint density at radius 2 is 1.42 bits per heavy atom. The van der Waals surface area contributed by atoms with Crippen LogP contribution < -0.4 is 5.32 Å². The summed E-state index contributed by atoms with van der Waals surface area (Å²) in [6.07, 6.45) is 1.21. The highest BCUT2D eigenvalue weighted by atomic mass is 15.0. The van der Waals surface area contributed by atoms with Gasteiger partial charge in [-0.2, -0.15) is 0 Å². The molecule has 0 aromatic heterocycles. The zero-order valence-electron chi connectivity index (χ0n) is 9.78. The molecule has 0 saturated carbocycles. The van der Waals surface area contributed by atoms with E-state index < -0.39 is 0 Å². The Balaban J connectivity index is 4.04. The molecular weight excluding hydrogens is 146 g/mol. The van der Waals surface area contributed by atoms with Crippen LogP contribution in [0.5, 0.6) is 0 Å². The van der Waals surface area contributed by atoms with Crippen LogP contribution in [0.25, 0.3) is 0 Å². The van der Waals surface area contributed by atoms with Crippen molar-refractivity contribution >= 4 is 0 Å². The third kappa shape index (κ3) is 6.66. The van der Waals surface area contributed by atoms with Gasteiger partial charge in [-0.1, -0.05) is 34.6 Å². The maximum atomic E-state index is 3.58. The smallest absolute Gasteiger partial charge is 0.0132 e. The van der Waals surface area contributed by atoms with Crippen molar-refractivity contribution < 1.29 is 0 Å². The minimum absolute atomic E-state index is 0.256. The van der Waals surface area contributed by atoms with Gasteiger partial charge in [0.25, 0.3) is 0 Å². The molecule has 1 N–H and O–H groups in total. The summed E-state index contributed by atoms with van der Waals surface area (Å²) in [6, 6.07) is 0.572. The van der Waals surface area contributed by atoms with Gasteiger partial charge in [-0.05, 0) is 25.7 Å². The molecule has 0 unspecified atom stereocenters. The lowest BCUT2D eigenvalue weighted by molar-refractivity contribution is 0.230. The van der Waals surface area contributed by atoms with Crippen molar-refractivity contribution in [1.82, 2.24) is 5.32 Å². The first-order valence-corrected chi connectivity index (χ1v) is 4.90. The van der Waals surface area contributed by atoms with Gasteiger partial charge in [0.15, 0.2) is 0 Å². The summed E-state index contributed by atoms with van der Waals surface area (Å²) < 4.78 is 0.